The lowest BCUT2D eigenvalue weighted by atomic mass is 9.60. The molecule has 1 fully saturated rings. The van der Waals surface area contributed by atoms with Crippen molar-refractivity contribution in [3.05, 3.63) is 246 Å². The van der Waals surface area contributed by atoms with E-state index in [1.54, 1.807) is 12.2 Å². The Bertz CT molecular complexity index is 2840. The van der Waals surface area contributed by atoms with E-state index in [0.717, 1.165) is 39.9 Å². The highest BCUT2D eigenvalue weighted by Gasteiger charge is 2.57. The highest BCUT2D eigenvalue weighted by molar-refractivity contribution is 8.04. The second-order valence-electron chi connectivity index (χ2n) is 15.6. The molecule has 0 saturated carbocycles. The number of rotatable bonds is 9. The Labute approximate surface area is 356 Å². The fraction of sp³-hybridized carbons (Fsp3) is 0.109. The van der Waals surface area contributed by atoms with Gasteiger partial charge in [-0.2, -0.15) is 0 Å². The van der Waals surface area contributed by atoms with Crippen LogP contribution in [0.4, 0.5) is 0 Å². The molecule has 1 saturated heterocycles. The number of hydrogen-bond donors (Lipinski definition) is 1. The predicted octanol–water partition coefficient (Wildman–Crippen LogP) is 12.7. The molecule has 10 rings (SSSR count). The first-order valence-electron chi connectivity index (χ1n) is 20.6. The van der Waals surface area contributed by atoms with Crippen LogP contribution in [0.3, 0.4) is 0 Å². The van der Waals surface area contributed by atoms with Gasteiger partial charge in [0.25, 0.3) is 0 Å². The molecule has 0 bridgehead atoms. The van der Waals surface area contributed by atoms with E-state index in [0.29, 0.717) is 5.84 Å². The average molecular weight is 793 g/mol. The lowest BCUT2D eigenvalue weighted by Gasteiger charge is -2.50. The van der Waals surface area contributed by atoms with Crippen molar-refractivity contribution >= 4 is 34.3 Å². The van der Waals surface area contributed by atoms with Gasteiger partial charge in [0, 0.05) is 44.7 Å². The largest absolute Gasteiger partial charge is 0.325 e. The molecule has 4 aromatic carbocycles. The zero-order valence-corrected chi connectivity index (χ0v) is 34.1. The van der Waals surface area contributed by atoms with Crippen LogP contribution >= 0.6 is 11.8 Å². The van der Waals surface area contributed by atoms with Gasteiger partial charge in [0.2, 0.25) is 0 Å². The molecule has 4 unspecified atom stereocenters. The van der Waals surface area contributed by atoms with Gasteiger partial charge in [0.1, 0.15) is 11.7 Å². The summed E-state index contributed by atoms with van der Waals surface area (Å²) in [5, 5.41) is 4.68. The van der Waals surface area contributed by atoms with Gasteiger partial charge in [0.05, 0.1) is 10.9 Å². The van der Waals surface area contributed by atoms with Gasteiger partial charge in [-0.05, 0) is 63.1 Å². The van der Waals surface area contributed by atoms with E-state index in [1.807, 2.05) is 60.5 Å². The van der Waals surface area contributed by atoms with E-state index in [2.05, 4.69) is 152 Å². The fourth-order valence-corrected chi connectivity index (χ4v) is 11.2. The molecule has 5 aliphatic rings. The van der Waals surface area contributed by atoms with E-state index in [1.165, 1.54) is 43.9 Å². The summed E-state index contributed by atoms with van der Waals surface area (Å²) in [6.45, 7) is 12.0. The van der Waals surface area contributed by atoms with Crippen molar-refractivity contribution in [1.29, 1.82) is 0 Å². The minimum Gasteiger partial charge on any atom is -0.325 e. The van der Waals surface area contributed by atoms with Crippen molar-refractivity contribution in [3.8, 4) is 22.3 Å². The number of amidine groups is 2. The van der Waals surface area contributed by atoms with Crippen LogP contribution in [0.25, 0.3) is 33.2 Å². The summed E-state index contributed by atoms with van der Waals surface area (Å²) in [5.41, 5.74) is 13.0. The van der Waals surface area contributed by atoms with E-state index in [-0.39, 0.29) is 22.5 Å². The number of fused-ring (bicyclic) bond motifs is 10. The summed E-state index contributed by atoms with van der Waals surface area (Å²) in [7, 11) is 0. The number of aromatic nitrogens is 1. The number of hydrogen-bond acceptors (Lipinski definition) is 5. The summed E-state index contributed by atoms with van der Waals surface area (Å²) in [6.07, 6.45) is 29.7. The molecular weight excluding hydrogens is 749 g/mol. The fourth-order valence-electron chi connectivity index (χ4n) is 9.66. The van der Waals surface area contributed by atoms with Crippen LogP contribution in [-0.4, -0.2) is 28.1 Å². The first-order valence-corrected chi connectivity index (χ1v) is 21.4. The number of para-hydroxylation sites is 1. The number of nitrogens with one attached hydrogen (secondary N) is 1. The zero-order chi connectivity index (χ0) is 40.6. The normalized spacial score (nSPS) is 22.2. The van der Waals surface area contributed by atoms with Crippen LogP contribution < -0.4 is 5.32 Å². The zero-order valence-electron chi connectivity index (χ0n) is 33.3. The van der Waals surface area contributed by atoms with Crippen LogP contribution in [0, 0.1) is 5.92 Å². The second kappa shape index (κ2) is 15.7. The first-order chi connectivity index (χ1) is 29.6. The van der Waals surface area contributed by atoms with Crippen LogP contribution in [0.2, 0.25) is 0 Å². The lowest BCUT2D eigenvalue weighted by Crippen LogP contribution is -2.46. The first kappa shape index (κ1) is 37.5. The average Bonchev–Trinajstić information content (AvgIpc) is 3.59. The summed E-state index contributed by atoms with van der Waals surface area (Å²) in [4.78, 5) is 16.4. The third-order valence-corrected chi connectivity index (χ3v) is 13.6. The van der Waals surface area contributed by atoms with Gasteiger partial charge < -0.3 is 5.32 Å². The third-order valence-electron chi connectivity index (χ3n) is 12.2. The molecule has 0 amide bonds. The molecule has 3 heterocycles. The summed E-state index contributed by atoms with van der Waals surface area (Å²) >= 11 is 1.99. The Balaban J connectivity index is 1.08. The summed E-state index contributed by atoms with van der Waals surface area (Å²) < 4.78 is 0. The van der Waals surface area contributed by atoms with Crippen molar-refractivity contribution in [1.82, 2.24) is 10.3 Å². The van der Waals surface area contributed by atoms with Crippen molar-refractivity contribution in [2.75, 3.05) is 0 Å². The molecule has 0 radical (unpaired) electrons. The molecule has 3 aliphatic carbocycles. The van der Waals surface area contributed by atoms with E-state index < -0.39 is 6.17 Å². The number of pyridine rings is 1. The Kier molecular flexibility index (Phi) is 9.83. The molecule has 5 heteroatoms. The molecule has 60 heavy (non-hydrogen) atoms. The molecule has 1 N–H and O–H groups in total. The van der Waals surface area contributed by atoms with Crippen molar-refractivity contribution in [2.24, 2.45) is 15.9 Å². The van der Waals surface area contributed by atoms with Crippen LogP contribution in [0.15, 0.2) is 240 Å². The third kappa shape index (κ3) is 6.38. The molecule has 4 atom stereocenters. The van der Waals surface area contributed by atoms with Crippen LogP contribution in [0.5, 0.6) is 0 Å². The van der Waals surface area contributed by atoms with Crippen LogP contribution in [-0.2, 0) is 5.41 Å². The van der Waals surface area contributed by atoms with Gasteiger partial charge in [-0.15, -0.1) is 11.8 Å². The number of allylic oxidation sites excluding steroid dienone is 10. The Morgan fingerprint density at radius 2 is 1.55 bits per heavy atom. The number of aliphatic imine (C=N–C) groups is 2. The standard InChI is InChI=1S/C55H44N4S/c1-4-6-8-9-27-51-57-53(36(3)17-7-5-2)59-54(58-51)41-29-31-48-50(35-41)60-49-34-39(38-19-14-20-40(33-38)42-24-15-18-37-21-16-32-56-52(37)42)28-30-47(49)55(48)45-25-12-10-22-43(45)44-23-11-13-26-46(44)55/h4-27,29-35,39,48,50,54H,1-3,28H2,(H,57,58,59)/b8-6-,17-7-,27-9+. The quantitative estimate of drug-likeness (QED) is 0.151. The molecule has 290 valence electrons. The summed E-state index contributed by atoms with van der Waals surface area (Å²) in [5.74, 6) is 1.80. The molecule has 1 aromatic heterocycles. The van der Waals surface area contributed by atoms with Crippen molar-refractivity contribution in [2.45, 2.75) is 29.2 Å². The van der Waals surface area contributed by atoms with E-state index >= 15 is 0 Å². The van der Waals surface area contributed by atoms with Gasteiger partial charge in [0.15, 0.2) is 6.17 Å². The number of thioether (sulfide) groups is 1. The minimum absolute atomic E-state index is 0.126. The monoisotopic (exact) mass is 792 g/mol. The maximum Gasteiger partial charge on any atom is 0.169 e. The number of benzene rings is 4. The highest BCUT2D eigenvalue weighted by atomic mass is 32.2. The smallest absolute Gasteiger partial charge is 0.169 e. The minimum atomic E-state index is -0.439. The lowest BCUT2D eigenvalue weighted by molar-refractivity contribution is 0.449. The molecule has 4 nitrogen and oxygen atoms in total. The van der Waals surface area contributed by atoms with Gasteiger partial charge in [-0.25, -0.2) is 9.98 Å². The van der Waals surface area contributed by atoms with Crippen molar-refractivity contribution < 1.29 is 0 Å². The molecular formula is C55H44N4S. The van der Waals surface area contributed by atoms with Crippen molar-refractivity contribution in [3.63, 3.8) is 0 Å². The second-order valence-corrected chi connectivity index (χ2v) is 16.8. The maximum atomic E-state index is 5.14. The van der Waals surface area contributed by atoms with Gasteiger partial charge in [-0.3, -0.25) is 4.98 Å². The molecule has 1 spiro atoms. The van der Waals surface area contributed by atoms with E-state index in [4.69, 9.17) is 15.0 Å². The molecule has 5 aromatic rings. The summed E-state index contributed by atoms with van der Waals surface area (Å²) in [6, 6.07) is 37.8. The predicted molar refractivity (Wildman–Crippen MR) is 254 cm³/mol. The highest BCUT2D eigenvalue weighted by Crippen LogP contribution is 2.66. The number of nitrogens with zero attached hydrogens (tertiary/aromatic N) is 3. The Morgan fingerprint density at radius 1 is 0.783 bits per heavy atom. The van der Waals surface area contributed by atoms with Crippen LogP contribution in [0.1, 0.15) is 29.0 Å². The Hall–Kier alpha value is -6.82. The Morgan fingerprint density at radius 3 is 2.37 bits per heavy atom. The molecule has 2 aliphatic heterocycles. The topological polar surface area (TPSA) is 49.6 Å². The maximum absolute atomic E-state index is 5.14. The van der Waals surface area contributed by atoms with Gasteiger partial charge in [-0.1, -0.05) is 190 Å². The van der Waals surface area contributed by atoms with E-state index in [9.17, 15) is 0 Å². The van der Waals surface area contributed by atoms with Gasteiger partial charge >= 0.3 is 0 Å². The SMILES string of the molecule is C=C/C=C\C=C\C1=NC(C2=CC3SC4=CC(c5cccc(-c6cccc7cccnc67)c5)CC=C4C4(c5ccccc5-c5ccccc54)C3C=C2)N=C(C(=C)/C=C\C=C)N1.